The number of nitrogens with zero attached hydrogens (tertiary/aromatic N) is 2. The number of hydrogen-bond donors (Lipinski definition) is 17. The van der Waals surface area contributed by atoms with Crippen LogP contribution in [0.25, 0.3) is 0 Å². The normalized spacial score (nSPS) is 29.5. The van der Waals surface area contributed by atoms with Gasteiger partial charge in [-0.1, -0.05) is 6.42 Å². The van der Waals surface area contributed by atoms with E-state index >= 15 is 0 Å². The van der Waals surface area contributed by atoms with Gasteiger partial charge in [0, 0.05) is 64.2 Å². The van der Waals surface area contributed by atoms with Gasteiger partial charge in [0.05, 0.1) is 65.8 Å². The van der Waals surface area contributed by atoms with Crippen LogP contribution in [0.5, 0.6) is 0 Å². The van der Waals surface area contributed by atoms with Crippen molar-refractivity contribution in [2.45, 2.75) is 150 Å². The molecule has 0 bridgehead atoms. The van der Waals surface area contributed by atoms with Crippen molar-refractivity contribution in [3.8, 4) is 0 Å². The van der Waals surface area contributed by atoms with Crippen molar-refractivity contribution in [2.75, 3.05) is 92.0 Å². The SMILES string of the molecule is O=C(CNC(=O)CN(CC(=O)NCCO[C@H]1O[C@H](CO)[C@@H](O)[C@H](O)[C@@H]1O)CC(=O)NCCO[C@H]1O[C@H](CO)[C@@H](O)[C@H](O)[C@@H]1O)C[C@@H](CCC(=O)NCCCCCC(=O)ON1C(=O)CCC1=O)C(=O)NCCO[C@H]1O[C@H](CO)[C@@H](O)[C@H](O)[C@@H]1O. The van der Waals surface area contributed by atoms with E-state index in [0.29, 0.717) is 24.3 Å². The zero-order valence-corrected chi connectivity index (χ0v) is 45.3. The number of Topliss-reactive ketones (excluding diaryl/α,β-unsaturated/α-hetero) is 1. The highest BCUT2D eigenvalue weighted by molar-refractivity contribution is 6.01. The molecule has 83 heavy (non-hydrogen) atoms. The second-order valence-electron chi connectivity index (χ2n) is 19.8. The van der Waals surface area contributed by atoms with Gasteiger partial charge in [0.25, 0.3) is 11.8 Å². The molecule has 7 amide bonds. The molecule has 0 aromatic rings. The Hall–Kier alpha value is -5.13. The maximum Gasteiger partial charge on any atom is 0.333 e. The third-order valence-electron chi connectivity index (χ3n) is 13.4. The van der Waals surface area contributed by atoms with E-state index in [-0.39, 0.29) is 78.1 Å². The molecule has 0 radical (unpaired) electrons. The van der Waals surface area contributed by atoms with E-state index in [9.17, 15) is 104 Å². The molecular weight excluding hydrogens is 1120 g/mol. The smallest absolute Gasteiger partial charge is 0.333 e. The number of ether oxygens (including phenoxy) is 6. The quantitative estimate of drug-likeness (QED) is 0.0205. The predicted octanol–water partition coefficient (Wildman–Crippen LogP) is -11.2. The van der Waals surface area contributed by atoms with Crippen molar-refractivity contribution in [1.29, 1.82) is 0 Å². The van der Waals surface area contributed by atoms with Gasteiger partial charge >= 0.3 is 5.97 Å². The molecule has 4 aliphatic rings. The first-order chi connectivity index (χ1) is 39.5. The van der Waals surface area contributed by atoms with Crippen LogP contribution in [0.2, 0.25) is 0 Å². The summed E-state index contributed by atoms with van der Waals surface area (Å²) in [5, 5.41) is 132. The van der Waals surface area contributed by atoms with Crippen LogP contribution in [-0.2, 0) is 76.4 Å². The van der Waals surface area contributed by atoms with Crippen molar-refractivity contribution in [3.63, 3.8) is 0 Å². The third-order valence-corrected chi connectivity index (χ3v) is 13.4. The van der Waals surface area contributed by atoms with E-state index in [1.54, 1.807) is 0 Å². The number of rotatable bonds is 36. The Morgan fingerprint density at radius 2 is 0.916 bits per heavy atom. The van der Waals surface area contributed by atoms with E-state index in [2.05, 4.69) is 26.6 Å². The Morgan fingerprint density at radius 1 is 0.506 bits per heavy atom. The molecule has 0 aliphatic carbocycles. The molecule has 0 aromatic heterocycles. The number of amides is 7. The Kier molecular flexibility index (Phi) is 30.5. The molecule has 4 saturated heterocycles. The minimum atomic E-state index is -1.74. The number of carbonyl (C=O) groups is 9. The Balaban J connectivity index is 1.32. The van der Waals surface area contributed by atoms with Gasteiger partial charge in [-0.2, -0.15) is 0 Å². The summed E-state index contributed by atoms with van der Waals surface area (Å²) < 4.78 is 32.0. The van der Waals surface area contributed by atoms with Gasteiger partial charge in [-0.15, -0.1) is 5.06 Å². The maximum absolute atomic E-state index is 13.5. The molecule has 4 fully saturated rings. The van der Waals surface area contributed by atoms with E-state index in [1.807, 2.05) is 0 Å². The van der Waals surface area contributed by atoms with E-state index in [4.69, 9.17) is 33.3 Å². The van der Waals surface area contributed by atoms with Crippen LogP contribution in [0.15, 0.2) is 0 Å². The zero-order chi connectivity index (χ0) is 61.3. The summed E-state index contributed by atoms with van der Waals surface area (Å²) in [7, 11) is 0. The molecule has 35 heteroatoms. The fourth-order valence-corrected chi connectivity index (χ4v) is 8.65. The van der Waals surface area contributed by atoms with Crippen molar-refractivity contribution in [3.05, 3.63) is 0 Å². The first-order valence-corrected chi connectivity index (χ1v) is 26.9. The number of nitrogens with one attached hydrogen (secondary N) is 5. The van der Waals surface area contributed by atoms with Crippen molar-refractivity contribution >= 4 is 53.1 Å². The average molecular weight is 1200 g/mol. The van der Waals surface area contributed by atoms with Crippen LogP contribution < -0.4 is 26.6 Å². The number of hydroxylamine groups is 2. The summed E-state index contributed by atoms with van der Waals surface area (Å²) in [4.78, 5) is 121. The molecule has 0 aromatic carbocycles. The molecule has 4 aliphatic heterocycles. The minimum Gasteiger partial charge on any atom is -0.394 e. The number of unbranched alkanes of at least 4 members (excludes halogenated alkanes) is 2. The highest BCUT2D eigenvalue weighted by Crippen LogP contribution is 2.24. The monoisotopic (exact) mass is 1200 g/mol. The van der Waals surface area contributed by atoms with Gasteiger partial charge in [0.1, 0.15) is 73.2 Å². The summed E-state index contributed by atoms with van der Waals surface area (Å²) in [6.45, 7) is -6.52. The molecule has 0 spiro atoms. The van der Waals surface area contributed by atoms with Crippen LogP contribution in [-0.4, -0.2) is 308 Å². The lowest BCUT2D eigenvalue weighted by molar-refractivity contribution is -0.300. The lowest BCUT2D eigenvalue weighted by Gasteiger charge is -2.39. The van der Waals surface area contributed by atoms with Crippen LogP contribution >= 0.6 is 0 Å². The Morgan fingerprint density at radius 3 is 1.35 bits per heavy atom. The maximum atomic E-state index is 13.5. The molecular formula is C48H79N7O28. The number of aliphatic hydroxyl groups is 12. The second-order valence-corrected chi connectivity index (χ2v) is 19.8. The number of carbonyl (C=O) groups excluding carboxylic acids is 9. The Bertz CT molecular complexity index is 2040. The van der Waals surface area contributed by atoms with Gasteiger partial charge in [0.15, 0.2) is 24.7 Å². The summed E-state index contributed by atoms with van der Waals surface area (Å²) in [5.74, 6) is -7.65. The lowest BCUT2D eigenvalue weighted by atomic mass is 9.95. The van der Waals surface area contributed by atoms with Crippen molar-refractivity contribution < 1.29 is 138 Å². The summed E-state index contributed by atoms with van der Waals surface area (Å²) in [6.07, 6.45) is -23.8. The van der Waals surface area contributed by atoms with Gasteiger partial charge < -0.3 is 121 Å². The summed E-state index contributed by atoms with van der Waals surface area (Å²) >= 11 is 0. The van der Waals surface area contributed by atoms with Gasteiger partial charge in [-0.3, -0.25) is 43.3 Å². The highest BCUT2D eigenvalue weighted by atomic mass is 16.7. The van der Waals surface area contributed by atoms with Gasteiger partial charge in [-0.05, 0) is 19.3 Å². The molecule has 474 valence electrons. The topological polar surface area (TPSA) is 528 Å². The average Bonchev–Trinajstić information content (AvgIpc) is 4.01. The first-order valence-electron chi connectivity index (χ1n) is 26.9. The molecule has 17 N–H and O–H groups in total. The number of hydrogen-bond acceptors (Lipinski definition) is 29. The molecule has 0 saturated carbocycles. The number of imide groups is 1. The third kappa shape index (κ3) is 22.7. The first kappa shape index (κ1) is 70.4. The number of ketones is 1. The molecule has 0 unspecified atom stereocenters. The van der Waals surface area contributed by atoms with Crippen LogP contribution in [0, 0.1) is 5.92 Å². The van der Waals surface area contributed by atoms with Gasteiger partial charge in [-0.25, -0.2) is 4.79 Å². The standard InChI is InChI=1S/C48H79N7O28/c56-21-26-36(67)39(70)42(73)46(80-26)77-13-10-50-30(61)18-54(19-31(62)51-11-14-78-47-43(74)40(71)37(68)27(22-57)81-47)20-32(63)53-17-25(59)16-24(45(76)52-12-15-79-48-44(75)41(72)38(69)28(23-58)82-48)5-6-29(60)49-9-3-1-2-4-35(66)83-55-33(64)7-8-34(55)65/h24,26-28,36-44,46-48,56-58,67-75H,1-23H2,(H,49,60)(H,50,61)(H,51,62)(H,52,76)(H,53,63)/t24-,26-,27-,28-,36-,37-,38-,39+,40+,41+,42+,43+,44+,46+,47+,48+/m1/s1. The predicted molar refractivity (Wildman–Crippen MR) is 269 cm³/mol. The highest BCUT2D eigenvalue weighted by Gasteiger charge is 2.46. The van der Waals surface area contributed by atoms with E-state index in [1.165, 1.54) is 0 Å². The lowest BCUT2D eigenvalue weighted by Crippen LogP contribution is -2.59. The van der Waals surface area contributed by atoms with Crippen LogP contribution in [0.4, 0.5) is 0 Å². The Labute approximate surface area is 474 Å². The molecule has 35 nitrogen and oxygen atoms in total. The second kappa shape index (κ2) is 36.0. The fraction of sp³-hybridized carbons (Fsp3) is 0.812. The van der Waals surface area contributed by atoms with Crippen LogP contribution in [0.1, 0.15) is 57.8 Å². The summed E-state index contributed by atoms with van der Waals surface area (Å²) in [6, 6.07) is 0. The minimum absolute atomic E-state index is 0.0557. The molecule has 16 atom stereocenters. The molecule has 4 heterocycles. The van der Waals surface area contributed by atoms with Gasteiger partial charge in [0.2, 0.25) is 29.5 Å². The molecule has 4 rings (SSSR count). The van der Waals surface area contributed by atoms with Crippen molar-refractivity contribution in [1.82, 2.24) is 36.5 Å². The van der Waals surface area contributed by atoms with Crippen LogP contribution in [0.3, 0.4) is 0 Å². The van der Waals surface area contributed by atoms with Crippen molar-refractivity contribution in [2.24, 2.45) is 5.92 Å². The number of aliphatic hydroxyl groups excluding tert-OH is 12. The van der Waals surface area contributed by atoms with E-state index < -0.39 is 204 Å². The zero-order valence-electron chi connectivity index (χ0n) is 45.3. The summed E-state index contributed by atoms with van der Waals surface area (Å²) in [5.41, 5.74) is 0. The largest absolute Gasteiger partial charge is 0.394 e. The van der Waals surface area contributed by atoms with E-state index in [0.717, 1.165) is 4.90 Å². The fourth-order valence-electron chi connectivity index (χ4n) is 8.65.